The van der Waals surface area contributed by atoms with Gasteiger partial charge >= 0.3 is 0 Å². The second kappa shape index (κ2) is 4.86. The number of carbonyl (C=O) groups is 1. The molecule has 1 heterocycles. The van der Waals surface area contributed by atoms with Gasteiger partial charge in [-0.05, 0) is 28.8 Å². The molecule has 0 spiro atoms. The number of halogens is 1. The van der Waals surface area contributed by atoms with Crippen LogP contribution in [0.25, 0.3) is 0 Å². The monoisotopic (exact) mass is 300 g/mol. The highest BCUT2D eigenvalue weighted by Crippen LogP contribution is 2.39. The molecule has 0 radical (unpaired) electrons. The quantitative estimate of drug-likeness (QED) is 0.862. The van der Waals surface area contributed by atoms with Crippen molar-refractivity contribution in [2.45, 2.75) is 32.1 Å². The van der Waals surface area contributed by atoms with Crippen LogP contribution in [0.15, 0.2) is 4.60 Å². The molecule has 1 aromatic rings. The van der Waals surface area contributed by atoms with Crippen LogP contribution in [-0.2, 0) is 7.05 Å². The van der Waals surface area contributed by atoms with Crippen LogP contribution in [0.2, 0.25) is 0 Å². The van der Waals surface area contributed by atoms with Gasteiger partial charge in [0.15, 0.2) is 10.4 Å². The van der Waals surface area contributed by atoms with Crippen molar-refractivity contribution in [1.82, 2.24) is 15.0 Å². The third-order valence-electron chi connectivity index (χ3n) is 3.68. The van der Waals surface area contributed by atoms with Gasteiger partial charge in [-0.15, -0.1) is 5.10 Å². The molecule has 0 unspecified atom stereocenters. The molecule has 1 aromatic heterocycles. The fourth-order valence-electron chi connectivity index (χ4n) is 2.58. The molecule has 1 aliphatic carbocycles. The summed E-state index contributed by atoms with van der Waals surface area (Å²) in [7, 11) is 1.73. The first-order valence-electron chi connectivity index (χ1n) is 5.91. The van der Waals surface area contributed by atoms with Gasteiger partial charge in [-0.2, -0.15) is 0 Å². The average molecular weight is 301 g/mol. The average Bonchev–Trinajstić information content (AvgIpc) is 2.69. The molecule has 0 aliphatic heterocycles. The van der Waals surface area contributed by atoms with E-state index < -0.39 is 5.41 Å². The van der Waals surface area contributed by atoms with E-state index in [0.29, 0.717) is 16.8 Å². The zero-order valence-electron chi connectivity index (χ0n) is 9.95. The van der Waals surface area contributed by atoms with Gasteiger partial charge in [0, 0.05) is 19.0 Å². The van der Waals surface area contributed by atoms with Crippen molar-refractivity contribution in [3.63, 3.8) is 0 Å². The predicted octanol–water partition coefficient (Wildman–Crippen LogP) is 1.67. The summed E-state index contributed by atoms with van der Waals surface area (Å²) < 4.78 is 2.04. The third kappa shape index (κ3) is 2.15. The lowest BCUT2D eigenvalue weighted by molar-refractivity contribution is 0.0717. The fourth-order valence-corrected chi connectivity index (χ4v) is 3.08. The molecule has 94 valence electrons. The maximum Gasteiger partial charge on any atom is 0.191 e. The number of carbonyl (C=O) groups excluding carboxylic acids is 1. The van der Waals surface area contributed by atoms with Crippen molar-refractivity contribution in [2.75, 3.05) is 6.54 Å². The Bertz CT molecular complexity index is 404. The largest absolute Gasteiger partial charge is 0.329 e. The molecule has 6 heteroatoms. The minimum atomic E-state index is -0.407. The molecule has 2 rings (SSSR count). The molecule has 2 N–H and O–H groups in total. The smallest absolute Gasteiger partial charge is 0.191 e. The van der Waals surface area contributed by atoms with Gasteiger partial charge in [0.05, 0.1) is 0 Å². The summed E-state index contributed by atoms with van der Waals surface area (Å²) >= 11 is 3.28. The van der Waals surface area contributed by atoms with E-state index in [4.69, 9.17) is 5.73 Å². The predicted molar refractivity (Wildman–Crippen MR) is 67.6 cm³/mol. The second-order valence-electron chi connectivity index (χ2n) is 4.73. The number of Topliss-reactive ketones (excluding diaryl/α,β-unsaturated/α-hetero) is 1. The molecule has 1 fully saturated rings. The lowest BCUT2D eigenvalue weighted by Gasteiger charge is -2.34. The maximum absolute atomic E-state index is 12.6. The van der Waals surface area contributed by atoms with E-state index in [-0.39, 0.29) is 5.78 Å². The normalized spacial score (nSPS) is 19.2. The van der Waals surface area contributed by atoms with E-state index in [0.717, 1.165) is 25.7 Å². The highest BCUT2D eigenvalue weighted by molar-refractivity contribution is 9.10. The van der Waals surface area contributed by atoms with Crippen molar-refractivity contribution in [3.8, 4) is 0 Å². The third-order valence-corrected chi connectivity index (χ3v) is 4.22. The van der Waals surface area contributed by atoms with Gasteiger partial charge in [-0.3, -0.25) is 4.79 Å². The standard InChI is InChI=1S/C11H17BrN4O/c1-16-8(10(12)14-15-16)9(17)11(7-13)5-3-2-4-6-11/h2-7,13H2,1H3. The molecule has 0 aromatic carbocycles. The van der Waals surface area contributed by atoms with Gasteiger partial charge in [-0.25, -0.2) is 4.68 Å². The lowest BCUT2D eigenvalue weighted by atomic mass is 9.70. The Morgan fingerprint density at radius 1 is 1.47 bits per heavy atom. The van der Waals surface area contributed by atoms with Gasteiger partial charge in [0.2, 0.25) is 0 Å². The lowest BCUT2D eigenvalue weighted by Crippen LogP contribution is -2.41. The molecule has 0 bridgehead atoms. The second-order valence-corrected chi connectivity index (χ2v) is 5.48. The Labute approximate surface area is 109 Å². The minimum absolute atomic E-state index is 0.0825. The summed E-state index contributed by atoms with van der Waals surface area (Å²) in [5, 5.41) is 7.72. The van der Waals surface area contributed by atoms with Crippen molar-refractivity contribution in [1.29, 1.82) is 0 Å². The van der Waals surface area contributed by atoms with Crippen molar-refractivity contribution >= 4 is 21.7 Å². The summed E-state index contributed by atoms with van der Waals surface area (Å²) in [5.41, 5.74) is 5.99. The van der Waals surface area contributed by atoms with E-state index in [1.54, 1.807) is 7.05 Å². The molecule has 1 aliphatic rings. The Hall–Kier alpha value is -0.750. The summed E-state index contributed by atoms with van der Waals surface area (Å²) in [6.45, 7) is 0.406. The van der Waals surface area contributed by atoms with Crippen LogP contribution >= 0.6 is 15.9 Å². The number of hydrogen-bond donors (Lipinski definition) is 1. The number of hydrogen-bond acceptors (Lipinski definition) is 4. The van der Waals surface area contributed by atoms with Gasteiger partial charge in [-0.1, -0.05) is 24.5 Å². The number of nitrogens with two attached hydrogens (primary N) is 1. The first kappa shape index (κ1) is 12.7. The molecule has 0 saturated heterocycles. The SMILES string of the molecule is Cn1nnc(Br)c1C(=O)C1(CN)CCCCC1. The number of aryl methyl sites for hydroxylation is 1. The van der Waals surface area contributed by atoms with Crippen molar-refractivity contribution in [3.05, 3.63) is 10.3 Å². The maximum atomic E-state index is 12.6. The van der Waals surface area contributed by atoms with Crippen molar-refractivity contribution < 1.29 is 4.79 Å². The molecular weight excluding hydrogens is 284 g/mol. The molecule has 5 nitrogen and oxygen atoms in total. The van der Waals surface area contributed by atoms with E-state index in [9.17, 15) is 4.79 Å². The first-order chi connectivity index (χ1) is 8.10. The zero-order chi connectivity index (χ0) is 12.5. The van der Waals surface area contributed by atoms with Crippen LogP contribution in [-0.4, -0.2) is 27.3 Å². The van der Waals surface area contributed by atoms with Gasteiger partial charge < -0.3 is 5.73 Å². The van der Waals surface area contributed by atoms with E-state index >= 15 is 0 Å². The molecule has 0 atom stereocenters. The molecule has 17 heavy (non-hydrogen) atoms. The van der Waals surface area contributed by atoms with E-state index in [2.05, 4.69) is 26.2 Å². The minimum Gasteiger partial charge on any atom is -0.329 e. The van der Waals surface area contributed by atoms with E-state index in [1.165, 1.54) is 11.1 Å². The topological polar surface area (TPSA) is 73.8 Å². The van der Waals surface area contributed by atoms with Crippen LogP contribution < -0.4 is 5.73 Å². The van der Waals surface area contributed by atoms with Crippen molar-refractivity contribution in [2.24, 2.45) is 18.2 Å². The fraction of sp³-hybridized carbons (Fsp3) is 0.727. The summed E-state index contributed by atoms with van der Waals surface area (Å²) in [5.74, 6) is 0.0825. The van der Waals surface area contributed by atoms with Crippen LogP contribution in [0.3, 0.4) is 0 Å². The number of ketones is 1. The Morgan fingerprint density at radius 2 is 2.12 bits per heavy atom. The van der Waals surface area contributed by atoms with Crippen LogP contribution in [0.1, 0.15) is 42.6 Å². The van der Waals surface area contributed by atoms with Crippen LogP contribution in [0.5, 0.6) is 0 Å². The van der Waals surface area contributed by atoms with Gasteiger partial charge in [0.25, 0.3) is 0 Å². The zero-order valence-corrected chi connectivity index (χ0v) is 11.5. The highest BCUT2D eigenvalue weighted by Gasteiger charge is 2.41. The molecule has 0 amide bonds. The first-order valence-corrected chi connectivity index (χ1v) is 6.70. The van der Waals surface area contributed by atoms with E-state index in [1.807, 2.05) is 0 Å². The summed E-state index contributed by atoms with van der Waals surface area (Å²) in [4.78, 5) is 12.6. The Balaban J connectivity index is 2.35. The Kier molecular flexibility index (Phi) is 3.63. The highest BCUT2D eigenvalue weighted by atomic mass is 79.9. The van der Waals surface area contributed by atoms with Crippen LogP contribution in [0, 0.1) is 5.41 Å². The van der Waals surface area contributed by atoms with Crippen LogP contribution in [0.4, 0.5) is 0 Å². The molecular formula is C11H17BrN4O. The number of aromatic nitrogens is 3. The number of nitrogens with zero attached hydrogens (tertiary/aromatic N) is 3. The summed E-state index contributed by atoms with van der Waals surface area (Å²) in [6.07, 6.45) is 5.09. The Morgan fingerprint density at radius 3 is 2.59 bits per heavy atom. The number of rotatable bonds is 3. The van der Waals surface area contributed by atoms with Gasteiger partial charge in [0.1, 0.15) is 5.69 Å². The summed E-state index contributed by atoms with van der Waals surface area (Å²) in [6, 6.07) is 0. The molecule has 1 saturated carbocycles.